The van der Waals surface area contributed by atoms with Crippen LogP contribution in [0.5, 0.6) is 11.5 Å². The van der Waals surface area contributed by atoms with Gasteiger partial charge in [0.25, 0.3) is 0 Å². The Kier molecular flexibility index (Phi) is 7.64. The van der Waals surface area contributed by atoms with Crippen molar-refractivity contribution in [3.8, 4) is 17.6 Å². The maximum absolute atomic E-state index is 12.2. The molecule has 0 radical (unpaired) electrons. The number of carbonyl (C=O) groups is 2. The molecule has 1 aliphatic heterocycles. The van der Waals surface area contributed by atoms with Gasteiger partial charge in [-0.2, -0.15) is 5.26 Å². The fourth-order valence-electron chi connectivity index (χ4n) is 2.85. The van der Waals surface area contributed by atoms with E-state index in [2.05, 4.69) is 15.4 Å². The Morgan fingerprint density at radius 2 is 1.62 bits per heavy atom. The zero-order valence-corrected chi connectivity index (χ0v) is 17.9. The molecule has 0 aromatic heterocycles. The first-order valence-electron chi connectivity index (χ1n) is 9.79. The highest BCUT2D eigenvalue weighted by Gasteiger charge is 2.16. The number of nitriles is 1. The van der Waals surface area contributed by atoms with E-state index in [0.717, 1.165) is 5.56 Å². The van der Waals surface area contributed by atoms with Crippen LogP contribution in [0.25, 0.3) is 0 Å². The van der Waals surface area contributed by atoms with Crippen molar-refractivity contribution in [1.29, 1.82) is 5.26 Å². The summed E-state index contributed by atoms with van der Waals surface area (Å²) in [7, 11) is -3.91. The third kappa shape index (κ3) is 6.44. The number of ether oxygens (including phenoxy) is 2. The molecule has 0 spiro atoms. The maximum atomic E-state index is 12.2. The lowest BCUT2D eigenvalue weighted by molar-refractivity contribution is -0.125. The molecular weight excluding hydrogens is 436 g/mol. The number of amides is 2. The minimum Gasteiger partial charge on any atom is -0.486 e. The third-order valence-electron chi connectivity index (χ3n) is 4.51. The minimum atomic E-state index is -3.91. The Bertz CT molecular complexity index is 1130. The van der Waals surface area contributed by atoms with Crippen LogP contribution in [0.1, 0.15) is 11.1 Å². The molecule has 168 valence electrons. The van der Waals surface area contributed by atoms with Gasteiger partial charge in [0, 0.05) is 6.54 Å². The number of hydrogen-bond donors (Lipinski definition) is 3. The van der Waals surface area contributed by atoms with Crippen LogP contribution in [-0.4, -0.2) is 53.1 Å². The first-order chi connectivity index (χ1) is 15.4. The average molecular weight is 458 g/mol. The number of sulfonamides is 1. The summed E-state index contributed by atoms with van der Waals surface area (Å²) in [5, 5.41) is 13.8. The van der Waals surface area contributed by atoms with E-state index in [9.17, 15) is 18.0 Å². The van der Waals surface area contributed by atoms with Gasteiger partial charge in [-0.05, 0) is 48.4 Å². The van der Waals surface area contributed by atoms with E-state index < -0.39 is 28.4 Å². The molecule has 0 fully saturated rings. The van der Waals surface area contributed by atoms with Gasteiger partial charge in [0.2, 0.25) is 21.8 Å². The van der Waals surface area contributed by atoms with Gasteiger partial charge < -0.3 is 20.1 Å². The average Bonchev–Trinajstić information content (AvgIpc) is 2.81. The van der Waals surface area contributed by atoms with E-state index in [4.69, 9.17) is 14.7 Å². The second kappa shape index (κ2) is 10.6. The van der Waals surface area contributed by atoms with Crippen molar-refractivity contribution in [1.82, 2.24) is 15.4 Å². The molecular formula is C21H22N4O6S. The number of fused-ring (bicyclic) bond motifs is 1. The van der Waals surface area contributed by atoms with Crippen molar-refractivity contribution in [2.45, 2.75) is 11.3 Å². The van der Waals surface area contributed by atoms with Crippen LogP contribution in [-0.2, 0) is 26.0 Å². The van der Waals surface area contributed by atoms with Gasteiger partial charge in [-0.3, -0.25) is 9.59 Å². The SMILES string of the molecule is N#Cc1ccc(S(=O)(=O)NCC(=O)NCC(=O)NCCc2ccc3c(c2)OCCO3)cc1. The summed E-state index contributed by atoms with van der Waals surface area (Å²) in [6.45, 7) is 0.576. The van der Waals surface area contributed by atoms with Gasteiger partial charge in [0.05, 0.1) is 29.6 Å². The summed E-state index contributed by atoms with van der Waals surface area (Å²) < 4.78 is 37.5. The fraction of sp³-hybridized carbons (Fsp3) is 0.286. The summed E-state index contributed by atoms with van der Waals surface area (Å²) in [5.41, 5.74) is 1.29. The van der Waals surface area contributed by atoms with Gasteiger partial charge in [-0.15, -0.1) is 0 Å². The van der Waals surface area contributed by atoms with Crippen molar-refractivity contribution in [3.63, 3.8) is 0 Å². The standard InChI is InChI=1S/C21H22N4O6S/c22-12-16-1-4-17(5-2-16)32(28,29)25-14-21(27)24-13-20(26)23-8-7-15-3-6-18-19(11-15)31-10-9-30-18/h1-6,11,25H,7-10,13-14H2,(H,23,26)(H,24,27). The number of nitrogens with one attached hydrogen (secondary N) is 3. The molecule has 0 unspecified atom stereocenters. The van der Waals surface area contributed by atoms with Crippen LogP contribution in [0.15, 0.2) is 47.4 Å². The predicted molar refractivity (Wildman–Crippen MR) is 114 cm³/mol. The Balaban J connectivity index is 1.36. The second-order valence-corrected chi connectivity index (χ2v) is 8.58. The monoisotopic (exact) mass is 458 g/mol. The summed E-state index contributed by atoms with van der Waals surface area (Å²) in [4.78, 5) is 23.7. The number of benzene rings is 2. The minimum absolute atomic E-state index is 0.0683. The zero-order valence-electron chi connectivity index (χ0n) is 17.1. The summed E-state index contributed by atoms with van der Waals surface area (Å²) in [5.74, 6) is 0.326. The largest absolute Gasteiger partial charge is 0.486 e. The van der Waals surface area contributed by atoms with Crippen LogP contribution in [0.2, 0.25) is 0 Å². The van der Waals surface area contributed by atoms with Crippen LogP contribution >= 0.6 is 0 Å². The topological polar surface area (TPSA) is 147 Å². The van der Waals surface area contributed by atoms with Crippen molar-refractivity contribution in [2.24, 2.45) is 0 Å². The van der Waals surface area contributed by atoms with E-state index in [1.165, 1.54) is 24.3 Å². The molecule has 1 heterocycles. The van der Waals surface area contributed by atoms with E-state index in [-0.39, 0.29) is 11.4 Å². The van der Waals surface area contributed by atoms with Crippen LogP contribution < -0.4 is 24.8 Å². The summed E-state index contributed by atoms with van der Waals surface area (Å²) in [6.07, 6.45) is 0.570. The first kappa shape index (κ1) is 23.1. The molecule has 0 saturated heterocycles. The highest BCUT2D eigenvalue weighted by Crippen LogP contribution is 2.30. The molecule has 0 atom stereocenters. The Morgan fingerprint density at radius 3 is 2.34 bits per heavy atom. The summed E-state index contributed by atoms with van der Waals surface area (Å²) >= 11 is 0. The quantitative estimate of drug-likeness (QED) is 0.482. The molecule has 3 rings (SSSR count). The fourth-order valence-corrected chi connectivity index (χ4v) is 3.83. The number of nitrogens with zero attached hydrogens (tertiary/aromatic N) is 1. The van der Waals surface area contributed by atoms with E-state index in [1.54, 1.807) is 0 Å². The van der Waals surface area contributed by atoms with Crippen LogP contribution in [0.3, 0.4) is 0 Å². The van der Waals surface area contributed by atoms with Gasteiger partial charge in [0.15, 0.2) is 11.5 Å². The van der Waals surface area contributed by atoms with Gasteiger partial charge in [-0.25, -0.2) is 13.1 Å². The van der Waals surface area contributed by atoms with Crippen molar-refractivity contribution < 1.29 is 27.5 Å². The van der Waals surface area contributed by atoms with Gasteiger partial charge in [-0.1, -0.05) is 6.07 Å². The molecule has 32 heavy (non-hydrogen) atoms. The Morgan fingerprint density at radius 1 is 0.938 bits per heavy atom. The number of carbonyl (C=O) groups excluding carboxylic acids is 2. The molecule has 0 saturated carbocycles. The molecule has 2 aromatic rings. The van der Waals surface area contributed by atoms with Crippen LogP contribution in [0.4, 0.5) is 0 Å². The highest BCUT2D eigenvalue weighted by atomic mass is 32.2. The normalized spacial score (nSPS) is 12.5. The second-order valence-electron chi connectivity index (χ2n) is 6.82. The van der Waals surface area contributed by atoms with Crippen molar-refractivity contribution in [3.05, 3.63) is 53.6 Å². The first-order valence-corrected chi connectivity index (χ1v) is 11.3. The molecule has 1 aliphatic rings. The molecule has 10 nitrogen and oxygen atoms in total. The molecule has 3 N–H and O–H groups in total. The lowest BCUT2D eigenvalue weighted by atomic mass is 10.1. The predicted octanol–water partition coefficient (Wildman–Crippen LogP) is 0.0829. The van der Waals surface area contributed by atoms with Gasteiger partial charge in [0.1, 0.15) is 13.2 Å². The van der Waals surface area contributed by atoms with E-state index in [1.807, 2.05) is 24.3 Å². The molecule has 2 amide bonds. The number of rotatable bonds is 9. The molecule has 2 aromatic carbocycles. The lowest BCUT2D eigenvalue weighted by Gasteiger charge is -2.18. The highest BCUT2D eigenvalue weighted by molar-refractivity contribution is 7.89. The number of hydrogen-bond acceptors (Lipinski definition) is 7. The summed E-state index contributed by atoms with van der Waals surface area (Å²) in [6, 6.07) is 12.7. The van der Waals surface area contributed by atoms with Crippen LogP contribution in [0, 0.1) is 11.3 Å². The van der Waals surface area contributed by atoms with E-state index in [0.29, 0.717) is 43.2 Å². The smallest absolute Gasteiger partial charge is 0.241 e. The lowest BCUT2D eigenvalue weighted by Crippen LogP contribution is -2.42. The Labute approximate surface area is 185 Å². The van der Waals surface area contributed by atoms with E-state index >= 15 is 0 Å². The molecule has 0 bridgehead atoms. The maximum Gasteiger partial charge on any atom is 0.241 e. The third-order valence-corrected chi connectivity index (χ3v) is 5.92. The van der Waals surface area contributed by atoms with Gasteiger partial charge >= 0.3 is 0 Å². The Hall–Kier alpha value is -3.62. The molecule has 11 heteroatoms. The van der Waals surface area contributed by atoms with Crippen molar-refractivity contribution in [2.75, 3.05) is 32.8 Å². The zero-order chi connectivity index (χ0) is 23.0. The molecule has 0 aliphatic carbocycles. The van der Waals surface area contributed by atoms with Crippen molar-refractivity contribution >= 4 is 21.8 Å².